The molecule has 14 aromatic rings. The van der Waals surface area contributed by atoms with Crippen molar-refractivity contribution < 1.29 is 4.74 Å². The molecule has 0 radical (unpaired) electrons. The zero-order chi connectivity index (χ0) is 58.1. The Morgan fingerprint density at radius 1 is 0.365 bits per heavy atom. The minimum absolute atomic E-state index is 0.0753. The van der Waals surface area contributed by atoms with E-state index in [0.717, 1.165) is 78.6 Å². The smallest absolute Gasteiger partial charge is 0.457 e. The largest absolute Gasteiger partial charge is 0.503 e. The molecule has 4 aromatic heterocycles. The van der Waals surface area contributed by atoms with Crippen molar-refractivity contribution in [3.05, 3.63) is 253 Å². The van der Waals surface area contributed by atoms with Crippen LogP contribution in [0.1, 0.15) is 79.0 Å². The molecular weight excluding hydrogens is 1040 g/mol. The van der Waals surface area contributed by atoms with Gasteiger partial charge < -0.3 is 13.9 Å². The van der Waals surface area contributed by atoms with Gasteiger partial charge >= 0.3 is 11.7 Å². The second kappa shape index (κ2) is 19.2. The van der Waals surface area contributed by atoms with Gasteiger partial charge in [-0.25, -0.2) is 4.98 Å². The summed E-state index contributed by atoms with van der Waals surface area (Å²) in [5.41, 5.74) is 18.8. The van der Waals surface area contributed by atoms with Crippen LogP contribution in [0.5, 0.6) is 11.5 Å². The average Bonchev–Trinajstić information content (AvgIpc) is 1.76. The van der Waals surface area contributed by atoms with Crippen LogP contribution in [0.25, 0.3) is 93.7 Å². The van der Waals surface area contributed by atoms with E-state index in [0.29, 0.717) is 5.75 Å². The van der Waals surface area contributed by atoms with Crippen LogP contribution in [0.4, 0.5) is 22.7 Å². The molecule has 0 unspecified atom stereocenters. The highest BCUT2D eigenvalue weighted by atomic mass is 16.5. The lowest BCUT2D eigenvalue weighted by molar-refractivity contribution is 0.483. The van der Waals surface area contributed by atoms with Crippen LogP contribution in [0.2, 0.25) is 0 Å². The number of hydrogen-bond acceptors (Lipinski definition) is 2. The van der Waals surface area contributed by atoms with Crippen LogP contribution < -0.4 is 13.9 Å². The van der Waals surface area contributed by atoms with Crippen molar-refractivity contribution in [1.82, 2.24) is 27.8 Å². The lowest BCUT2D eigenvalue weighted by atomic mass is 9.80. The van der Waals surface area contributed by atoms with Crippen molar-refractivity contribution in [2.75, 3.05) is 0 Å². The fourth-order valence-corrected chi connectivity index (χ4v) is 12.9. The quantitative estimate of drug-likeness (QED) is 0.142. The molecule has 0 atom stereocenters. The number of pyridine rings is 1. The Hall–Kier alpha value is -10.1. The maximum absolute atomic E-state index is 7.03. The number of aromatic nitrogens is 4. The number of benzene rings is 10. The van der Waals surface area contributed by atoms with E-state index in [1.807, 2.05) is 12.3 Å². The summed E-state index contributed by atoms with van der Waals surface area (Å²) in [5.74, 6) is 2.29. The van der Waals surface area contributed by atoms with Gasteiger partial charge in [-0.05, 0) is 139 Å². The SMILES string of the molecule is CC(C)(C)c1cc([N+]2=C=[N+](c3cccc(Oc4ccc5c6cc(-n7c8ccccc8c8ccccc87)ccc6n(-c6cc(C(C)(C)C)ccn6)c5c4)c3)c3cccc(-c4cccc(-n5c6ccccc6c6ccccc65)c4)c32)cc(C(C)(C)C)c1. The van der Waals surface area contributed by atoms with Gasteiger partial charge in [0.15, 0.2) is 0 Å². The summed E-state index contributed by atoms with van der Waals surface area (Å²) in [6, 6.07) is 87.6. The Labute approximate surface area is 495 Å². The molecule has 7 heteroatoms. The lowest BCUT2D eigenvalue weighted by Gasteiger charge is -2.24. The molecule has 5 heterocycles. The summed E-state index contributed by atoms with van der Waals surface area (Å²) in [6.07, 6.45) is 1.94. The van der Waals surface area contributed by atoms with E-state index in [1.165, 1.54) is 60.3 Å². The molecule has 412 valence electrons. The Kier molecular flexibility index (Phi) is 11.7. The summed E-state index contributed by atoms with van der Waals surface area (Å²) in [4.78, 5) is 5.06. The average molecular weight is 1100 g/mol. The zero-order valence-corrected chi connectivity index (χ0v) is 49.6. The molecule has 7 nitrogen and oxygen atoms in total. The van der Waals surface area contributed by atoms with Crippen LogP contribution in [-0.4, -0.2) is 24.7 Å². The monoisotopic (exact) mass is 1100 g/mol. The fraction of sp³-hybridized carbons (Fsp3) is 0.154. The molecule has 0 amide bonds. The highest BCUT2D eigenvalue weighted by Gasteiger charge is 2.41. The normalized spacial score (nSPS) is 13.0. The maximum Gasteiger partial charge on any atom is 0.503 e. The van der Waals surface area contributed by atoms with Crippen molar-refractivity contribution >= 4 is 94.2 Å². The van der Waals surface area contributed by atoms with E-state index in [1.54, 1.807) is 0 Å². The van der Waals surface area contributed by atoms with Crippen molar-refractivity contribution in [3.8, 4) is 39.8 Å². The van der Waals surface area contributed by atoms with E-state index in [2.05, 4.69) is 316 Å². The predicted molar refractivity (Wildman–Crippen MR) is 356 cm³/mol. The molecule has 1 aliphatic rings. The van der Waals surface area contributed by atoms with Crippen molar-refractivity contribution in [2.45, 2.75) is 78.6 Å². The van der Waals surface area contributed by atoms with Gasteiger partial charge in [-0.15, -0.1) is 0 Å². The Morgan fingerprint density at radius 2 is 0.906 bits per heavy atom. The van der Waals surface area contributed by atoms with E-state index in [4.69, 9.17) is 9.72 Å². The third-order valence-corrected chi connectivity index (χ3v) is 17.3. The molecule has 0 bridgehead atoms. The lowest BCUT2D eigenvalue weighted by Crippen LogP contribution is -2.17. The minimum atomic E-state index is -0.0964. The summed E-state index contributed by atoms with van der Waals surface area (Å²) >= 11 is 0. The molecule has 15 rings (SSSR count). The molecule has 0 N–H and O–H groups in total. The molecule has 1 aliphatic heterocycles. The van der Waals surface area contributed by atoms with E-state index in [-0.39, 0.29) is 16.2 Å². The molecule has 0 fully saturated rings. The van der Waals surface area contributed by atoms with Gasteiger partial charge in [-0.2, -0.15) is 0 Å². The number of nitrogens with zero attached hydrogens (tertiary/aromatic N) is 6. The van der Waals surface area contributed by atoms with Crippen LogP contribution in [-0.2, 0) is 16.2 Å². The van der Waals surface area contributed by atoms with Crippen LogP contribution >= 0.6 is 0 Å². The molecule has 0 aliphatic carbocycles. The van der Waals surface area contributed by atoms with Gasteiger partial charge in [0.05, 0.1) is 44.7 Å². The highest BCUT2D eigenvalue weighted by Crippen LogP contribution is 2.47. The highest BCUT2D eigenvalue weighted by molar-refractivity contribution is 6.13. The third kappa shape index (κ3) is 8.68. The second-order valence-electron chi connectivity index (χ2n) is 26.0. The van der Waals surface area contributed by atoms with Gasteiger partial charge in [0.25, 0.3) is 5.69 Å². The number of para-hydroxylation sites is 5. The van der Waals surface area contributed by atoms with Gasteiger partial charge in [-0.1, -0.05) is 165 Å². The van der Waals surface area contributed by atoms with Crippen LogP contribution in [0.15, 0.2) is 237 Å². The van der Waals surface area contributed by atoms with Crippen molar-refractivity contribution in [3.63, 3.8) is 0 Å². The van der Waals surface area contributed by atoms with Gasteiger partial charge in [-0.3, -0.25) is 4.57 Å². The number of rotatable bonds is 8. The molecule has 85 heavy (non-hydrogen) atoms. The Bertz CT molecular complexity index is 5010. The third-order valence-electron chi connectivity index (χ3n) is 17.3. The standard InChI is InChI=1S/C78H66N6O/c1-76(2,3)51-39-40-79-74(45-51)84-71-38-35-56(83-69-32-16-12-27-63(69)64-28-13-17-33-70(64)83)47-66(71)65-37-36-59(48-73(65)84)85-58-24-19-22-54(46-58)80-49-81(57-43-52(77(4,5)6)42-53(44-57)78(7,8)9)75-60(29-20-34-72(75)80)50-21-18-23-55(41-50)82-67-30-14-10-25-61(67)62-26-11-15-31-68(62)82/h10-48H,1-9H3/q+2. The first kappa shape index (κ1) is 51.8. The van der Waals surface area contributed by atoms with E-state index in [9.17, 15) is 0 Å². The van der Waals surface area contributed by atoms with Gasteiger partial charge in [0.1, 0.15) is 17.3 Å². The van der Waals surface area contributed by atoms with Crippen molar-refractivity contribution in [1.29, 1.82) is 0 Å². The molecule has 0 saturated heterocycles. The van der Waals surface area contributed by atoms with E-state index >= 15 is 0 Å². The predicted octanol–water partition coefficient (Wildman–Crippen LogP) is 20.6. The summed E-state index contributed by atoms with van der Waals surface area (Å²) in [7, 11) is 0. The summed E-state index contributed by atoms with van der Waals surface area (Å²) in [5, 5.41) is 7.20. The first-order valence-corrected chi connectivity index (χ1v) is 29.6. The summed E-state index contributed by atoms with van der Waals surface area (Å²) < 4.78 is 18.6. The number of ether oxygens (including phenoxy) is 1. The second-order valence-corrected chi connectivity index (χ2v) is 26.0. The Morgan fingerprint density at radius 3 is 1.52 bits per heavy atom. The Balaban J connectivity index is 0.872. The van der Waals surface area contributed by atoms with Crippen LogP contribution in [0.3, 0.4) is 0 Å². The maximum atomic E-state index is 7.03. The van der Waals surface area contributed by atoms with Crippen molar-refractivity contribution in [2.24, 2.45) is 0 Å². The minimum Gasteiger partial charge on any atom is -0.457 e. The number of hydrogen-bond donors (Lipinski definition) is 0. The van der Waals surface area contributed by atoms with E-state index < -0.39 is 0 Å². The van der Waals surface area contributed by atoms with Gasteiger partial charge in [0, 0.05) is 80.2 Å². The molecule has 0 saturated carbocycles. The first-order chi connectivity index (χ1) is 41.0. The number of fused-ring (bicyclic) bond motifs is 10. The van der Waals surface area contributed by atoms with Crippen LogP contribution in [0, 0.1) is 0 Å². The molecule has 0 spiro atoms. The molecule has 10 aromatic carbocycles. The zero-order valence-electron chi connectivity index (χ0n) is 49.6. The fourth-order valence-electron chi connectivity index (χ4n) is 12.9. The summed E-state index contributed by atoms with van der Waals surface area (Å²) in [6.45, 7) is 20.6. The molecular formula is C78H66N6O+2. The topological polar surface area (TPSA) is 42.9 Å². The first-order valence-electron chi connectivity index (χ1n) is 29.6. The van der Waals surface area contributed by atoms with Gasteiger partial charge in [0.2, 0.25) is 11.4 Å².